The van der Waals surface area contributed by atoms with E-state index in [-0.39, 0.29) is 30.5 Å². The van der Waals surface area contributed by atoms with Crippen LogP contribution in [0.1, 0.15) is 52.3 Å². The highest BCUT2D eigenvalue weighted by Crippen LogP contribution is 2.35. The third-order valence-corrected chi connectivity index (χ3v) is 7.48. The topological polar surface area (TPSA) is 71.8 Å². The van der Waals surface area contributed by atoms with Crippen LogP contribution >= 0.6 is 24.0 Å². The summed E-state index contributed by atoms with van der Waals surface area (Å²) in [4.78, 5) is 19.7. The van der Waals surface area contributed by atoms with E-state index in [0.29, 0.717) is 35.5 Å². The number of benzene rings is 1. The second kappa shape index (κ2) is 8.11. The molecule has 2 fully saturated rings. The van der Waals surface area contributed by atoms with E-state index in [0.717, 1.165) is 47.6 Å². The molecule has 3 aromatic rings. The Bertz CT molecular complexity index is 1280. The van der Waals surface area contributed by atoms with Crippen LogP contribution in [0.3, 0.4) is 0 Å². The van der Waals surface area contributed by atoms with Crippen molar-refractivity contribution in [1.82, 2.24) is 24.8 Å². The molecule has 1 N–H and O–H groups in total. The number of hydrogen-bond donors (Lipinski definition) is 1. The summed E-state index contributed by atoms with van der Waals surface area (Å²) in [5.74, 6) is -0.304. The van der Waals surface area contributed by atoms with E-state index in [9.17, 15) is 9.18 Å². The largest absolute Gasteiger partial charge is 0.488 e. The average molecular weight is 492 g/mol. The summed E-state index contributed by atoms with van der Waals surface area (Å²) in [5, 5.41) is 8.75. The number of rotatable bonds is 3. The third kappa shape index (κ3) is 3.55. The smallest absolute Gasteiger partial charge is 0.258 e. The minimum atomic E-state index is -0.415. The van der Waals surface area contributed by atoms with E-state index in [1.54, 1.807) is 9.42 Å². The lowest BCUT2D eigenvalue weighted by Crippen LogP contribution is -2.33. The number of carbonyl (C=O) groups excluding carboxylic acids is 1. The first-order valence-electron chi connectivity index (χ1n) is 10.9. The van der Waals surface area contributed by atoms with Crippen LogP contribution in [-0.4, -0.2) is 43.6 Å². The monoisotopic (exact) mass is 491 g/mol. The molecule has 0 aliphatic carbocycles. The Labute approximate surface area is 201 Å². The van der Waals surface area contributed by atoms with E-state index in [1.165, 1.54) is 18.2 Å². The van der Waals surface area contributed by atoms with Crippen molar-refractivity contribution in [2.24, 2.45) is 0 Å². The first-order valence-corrected chi connectivity index (χ1v) is 11.3. The van der Waals surface area contributed by atoms with Crippen molar-refractivity contribution in [1.29, 1.82) is 0 Å². The molecule has 2 bridgehead atoms. The molecular weight excluding hydrogens is 468 g/mol. The fraction of sp³-hybridized carbons (Fsp3) is 0.435. The van der Waals surface area contributed by atoms with E-state index in [1.807, 2.05) is 13.8 Å². The van der Waals surface area contributed by atoms with Crippen molar-refractivity contribution in [2.45, 2.75) is 64.4 Å². The van der Waals surface area contributed by atoms with Gasteiger partial charge in [-0.3, -0.25) is 4.79 Å². The maximum absolute atomic E-state index is 14.0. The minimum Gasteiger partial charge on any atom is -0.488 e. The molecule has 2 aromatic heterocycles. The Morgan fingerprint density at radius 1 is 1.27 bits per heavy atom. The van der Waals surface area contributed by atoms with Crippen LogP contribution in [-0.2, 0) is 13.1 Å². The molecule has 2 saturated heterocycles. The van der Waals surface area contributed by atoms with Crippen molar-refractivity contribution in [2.75, 3.05) is 0 Å². The molecule has 0 spiro atoms. The van der Waals surface area contributed by atoms with E-state index in [2.05, 4.69) is 15.4 Å². The lowest BCUT2D eigenvalue weighted by atomic mass is 9.97. The Hall–Kier alpha value is -2.42. The lowest BCUT2D eigenvalue weighted by molar-refractivity contribution is 0.0740. The third-order valence-electron chi connectivity index (χ3n) is 6.94. The number of aryl methyl sites for hydroxylation is 2. The summed E-state index contributed by atoms with van der Waals surface area (Å²) in [6.07, 6.45) is 3.03. The molecule has 0 unspecified atom stereocenters. The Morgan fingerprint density at radius 3 is 2.82 bits per heavy atom. The van der Waals surface area contributed by atoms with Crippen LogP contribution < -0.4 is 10.1 Å². The van der Waals surface area contributed by atoms with Gasteiger partial charge in [0.15, 0.2) is 5.65 Å². The molecule has 1 aromatic carbocycles. The van der Waals surface area contributed by atoms with Crippen molar-refractivity contribution in [3.8, 4) is 5.75 Å². The van der Waals surface area contributed by atoms with Crippen LogP contribution in [0.25, 0.3) is 5.65 Å². The molecule has 3 atom stereocenters. The molecule has 3 aliphatic rings. The number of hydrogen-bond acceptors (Lipinski definition) is 5. The molecule has 1 amide bonds. The van der Waals surface area contributed by atoms with Gasteiger partial charge in [0, 0.05) is 30.1 Å². The number of amides is 1. The van der Waals surface area contributed by atoms with Crippen LogP contribution in [0, 0.1) is 19.7 Å². The summed E-state index contributed by atoms with van der Waals surface area (Å²) in [5.41, 5.74) is 4.38. The van der Waals surface area contributed by atoms with Gasteiger partial charge >= 0.3 is 0 Å². The predicted molar refractivity (Wildman–Crippen MR) is 124 cm³/mol. The van der Waals surface area contributed by atoms with Gasteiger partial charge in [-0.25, -0.2) is 13.9 Å². The molecule has 5 heterocycles. The van der Waals surface area contributed by atoms with Crippen LogP contribution in [0.2, 0.25) is 5.02 Å². The van der Waals surface area contributed by atoms with Crippen LogP contribution in [0.15, 0.2) is 18.2 Å². The zero-order valence-electron chi connectivity index (χ0n) is 18.3. The standard InChI is InChI=1S/C23H23ClFN5O2.ClH/c1-11-21(24)12(2)30-22(26-11)16-9-29(10-18(16)28-30)23(31)15-5-3-13(25)7-19(15)32-20-8-14-4-6-17(20)27-14;/h3,5,7,14,17,20,27H,4,6,8-10H2,1-2H3;1H/t14-,17-,20-;/m0./s1. The van der Waals surface area contributed by atoms with Crippen molar-refractivity contribution in [3.05, 3.63) is 57.2 Å². The molecule has 6 rings (SSSR count). The van der Waals surface area contributed by atoms with Gasteiger partial charge < -0.3 is 15.0 Å². The molecule has 10 heteroatoms. The number of fused-ring (bicyclic) bond motifs is 5. The van der Waals surface area contributed by atoms with Gasteiger partial charge in [-0.15, -0.1) is 12.4 Å². The van der Waals surface area contributed by atoms with Crippen LogP contribution in [0.4, 0.5) is 4.39 Å². The lowest BCUT2D eigenvalue weighted by Gasteiger charge is -2.24. The van der Waals surface area contributed by atoms with Gasteiger partial charge in [0.2, 0.25) is 0 Å². The first-order chi connectivity index (χ1) is 15.4. The highest BCUT2D eigenvalue weighted by atomic mass is 35.5. The number of ether oxygens (including phenoxy) is 1. The predicted octanol–water partition coefficient (Wildman–Crippen LogP) is 3.99. The summed E-state index contributed by atoms with van der Waals surface area (Å²) in [7, 11) is 0. The summed E-state index contributed by atoms with van der Waals surface area (Å²) < 4.78 is 22.0. The van der Waals surface area contributed by atoms with Gasteiger partial charge in [-0.2, -0.15) is 5.10 Å². The van der Waals surface area contributed by atoms with Crippen molar-refractivity contribution < 1.29 is 13.9 Å². The van der Waals surface area contributed by atoms with Gasteiger partial charge in [0.25, 0.3) is 5.91 Å². The number of aromatic nitrogens is 3. The maximum Gasteiger partial charge on any atom is 0.258 e. The zero-order valence-corrected chi connectivity index (χ0v) is 19.8. The van der Waals surface area contributed by atoms with Gasteiger partial charge in [-0.05, 0) is 38.8 Å². The zero-order chi connectivity index (χ0) is 22.1. The van der Waals surface area contributed by atoms with Gasteiger partial charge in [0.1, 0.15) is 17.7 Å². The Balaban J connectivity index is 0.00000228. The molecule has 33 heavy (non-hydrogen) atoms. The second-order valence-corrected chi connectivity index (χ2v) is 9.38. The number of nitrogens with one attached hydrogen (secondary N) is 1. The average Bonchev–Trinajstić information content (AvgIpc) is 3.53. The molecular formula is C23H24Cl2FN5O2. The molecule has 0 radical (unpaired) electrons. The number of halogens is 3. The Kier molecular flexibility index (Phi) is 5.50. The molecule has 0 saturated carbocycles. The quantitative estimate of drug-likeness (QED) is 0.599. The molecule has 3 aliphatic heterocycles. The second-order valence-electron chi connectivity index (χ2n) is 9.00. The highest BCUT2D eigenvalue weighted by Gasteiger charge is 2.41. The summed E-state index contributed by atoms with van der Waals surface area (Å²) in [6.45, 7) is 4.51. The minimum absolute atomic E-state index is 0. The van der Waals surface area contributed by atoms with Crippen LogP contribution in [0.5, 0.6) is 5.75 Å². The normalized spacial score (nSPS) is 23.2. The van der Waals surface area contributed by atoms with Crippen molar-refractivity contribution >= 4 is 35.6 Å². The summed E-state index contributed by atoms with van der Waals surface area (Å²) in [6, 6.07) is 4.86. The Morgan fingerprint density at radius 2 is 2.09 bits per heavy atom. The van der Waals surface area contributed by atoms with Gasteiger partial charge in [-0.1, -0.05) is 11.6 Å². The first kappa shape index (κ1) is 22.4. The fourth-order valence-electron chi connectivity index (χ4n) is 5.26. The van der Waals surface area contributed by atoms with E-state index >= 15 is 0 Å². The fourth-order valence-corrected chi connectivity index (χ4v) is 5.39. The maximum atomic E-state index is 14.0. The van der Waals surface area contributed by atoms with E-state index in [4.69, 9.17) is 16.3 Å². The van der Waals surface area contributed by atoms with Crippen molar-refractivity contribution in [3.63, 3.8) is 0 Å². The van der Waals surface area contributed by atoms with Gasteiger partial charge in [0.05, 0.1) is 40.8 Å². The highest BCUT2D eigenvalue weighted by molar-refractivity contribution is 6.31. The number of nitrogens with zero attached hydrogens (tertiary/aromatic N) is 4. The summed E-state index contributed by atoms with van der Waals surface area (Å²) >= 11 is 6.33. The van der Waals surface area contributed by atoms with E-state index < -0.39 is 5.82 Å². The molecule has 7 nitrogen and oxygen atoms in total. The molecule has 174 valence electrons. The SMILES string of the molecule is Cc1nc2c3c(nn2c(C)c1Cl)CN(C(=O)c1ccc(F)cc1O[C@H]1C[C@@H]2CC[C@@H]1N2)C3.Cl. The number of carbonyl (C=O) groups is 1.